The van der Waals surface area contributed by atoms with Gasteiger partial charge in [0, 0.05) is 22.4 Å². The summed E-state index contributed by atoms with van der Waals surface area (Å²) >= 11 is 7.23. The SMILES string of the molecule is Cl[P+](c1ccccc1)(c1ccccc1)c1ccccc1.[Au].c1ccc(P(CCP(c2ccccc2)c2ccccc2)c2ccccc2)cc1. The van der Waals surface area contributed by atoms with Gasteiger partial charge in [-0.1, -0.05) is 176 Å². The topological polar surface area (TPSA) is 0 Å². The van der Waals surface area contributed by atoms with Gasteiger partial charge in [0.25, 0.3) is 0 Å². The van der Waals surface area contributed by atoms with Crippen LogP contribution >= 0.6 is 33.7 Å². The van der Waals surface area contributed by atoms with Crippen LogP contribution in [0.3, 0.4) is 0 Å². The molecule has 0 aliphatic carbocycles. The average Bonchev–Trinajstić information content (AvgIpc) is 3.19. The predicted octanol–water partition coefficient (Wildman–Crippen LogP) is 9.38. The van der Waals surface area contributed by atoms with Gasteiger partial charge >= 0.3 is 0 Å². The molecule has 49 heavy (non-hydrogen) atoms. The Morgan fingerprint density at radius 1 is 0.306 bits per heavy atom. The number of hydrogen-bond acceptors (Lipinski definition) is 0. The van der Waals surface area contributed by atoms with Gasteiger partial charge in [-0.05, 0) is 85.8 Å². The zero-order valence-electron chi connectivity index (χ0n) is 27.1. The monoisotopic (exact) mass is 892 g/mol. The zero-order chi connectivity index (χ0) is 32.9. The quantitative estimate of drug-likeness (QED) is 0.0950. The Hall–Kier alpha value is -3.14. The first-order valence-corrected chi connectivity index (χ1v) is 22.0. The minimum atomic E-state index is -2.05. The Morgan fingerprint density at radius 3 is 0.694 bits per heavy atom. The third kappa shape index (κ3) is 9.77. The molecule has 0 aromatic heterocycles. The minimum absolute atomic E-state index is 0. The first-order chi connectivity index (χ1) is 23.7. The summed E-state index contributed by atoms with van der Waals surface area (Å²) < 4.78 is 0. The average molecular weight is 893 g/mol. The van der Waals surface area contributed by atoms with Crippen LogP contribution in [-0.4, -0.2) is 12.3 Å². The van der Waals surface area contributed by atoms with Gasteiger partial charge in [0.05, 0.1) is 0 Å². The molecule has 0 aliphatic heterocycles. The number of hydrogen-bond donors (Lipinski definition) is 0. The van der Waals surface area contributed by atoms with E-state index in [2.05, 4.69) is 194 Å². The fourth-order valence-electron chi connectivity index (χ4n) is 5.79. The van der Waals surface area contributed by atoms with Crippen molar-refractivity contribution in [1.29, 1.82) is 0 Å². The van der Waals surface area contributed by atoms with Crippen molar-refractivity contribution in [3.63, 3.8) is 0 Å². The van der Waals surface area contributed by atoms with Crippen LogP contribution in [0.4, 0.5) is 0 Å². The van der Waals surface area contributed by atoms with E-state index in [1.165, 1.54) is 49.5 Å². The molecule has 0 atom stereocenters. The number of halogens is 1. The molecule has 0 bridgehead atoms. The maximum Gasteiger partial charge on any atom is 0.210 e. The van der Waals surface area contributed by atoms with E-state index in [1.54, 1.807) is 0 Å². The van der Waals surface area contributed by atoms with Crippen LogP contribution in [-0.2, 0) is 22.4 Å². The molecule has 247 valence electrons. The first-order valence-electron chi connectivity index (χ1n) is 16.2. The smallest absolute Gasteiger partial charge is 0.0622 e. The van der Waals surface area contributed by atoms with E-state index in [9.17, 15) is 0 Å². The third-order valence-corrected chi connectivity index (χ3v) is 18.3. The first kappa shape index (κ1) is 37.1. The van der Waals surface area contributed by atoms with Crippen LogP contribution in [0, 0.1) is 0 Å². The normalized spacial score (nSPS) is 10.9. The van der Waals surface area contributed by atoms with E-state index in [1.807, 2.05) is 18.2 Å². The Kier molecular flexibility index (Phi) is 14.6. The van der Waals surface area contributed by atoms with E-state index in [0.717, 1.165) is 0 Å². The number of benzene rings is 7. The van der Waals surface area contributed by atoms with Crippen molar-refractivity contribution in [2.75, 3.05) is 12.3 Å². The van der Waals surface area contributed by atoms with Crippen molar-refractivity contribution in [2.24, 2.45) is 0 Å². The van der Waals surface area contributed by atoms with Crippen molar-refractivity contribution in [1.82, 2.24) is 0 Å². The van der Waals surface area contributed by atoms with Crippen molar-refractivity contribution < 1.29 is 22.4 Å². The van der Waals surface area contributed by atoms with Crippen LogP contribution in [0.5, 0.6) is 0 Å². The second kappa shape index (κ2) is 19.3. The molecule has 0 aliphatic rings. The van der Waals surface area contributed by atoms with Crippen molar-refractivity contribution in [2.45, 2.75) is 0 Å². The minimum Gasteiger partial charge on any atom is -0.0622 e. The molecule has 0 saturated carbocycles. The van der Waals surface area contributed by atoms with Crippen LogP contribution in [0.2, 0.25) is 0 Å². The molecule has 1 radical (unpaired) electrons. The van der Waals surface area contributed by atoms with E-state index in [-0.39, 0.29) is 38.2 Å². The standard InChI is InChI=1S/C26H24P2.C18H15ClP.Au/c1-5-13-23(14-6-1)27(24-15-7-2-8-16-24)21-22-28(25-17-9-3-10-18-25)26-19-11-4-12-20-26;19-20(16-10-4-1-5-11-16,17-12-6-2-7-13-17)18-14-8-3-9-15-18;/h1-20H,21-22H2;1-15H;/q;+1;. The summed E-state index contributed by atoms with van der Waals surface area (Å²) in [5, 5.41) is 9.47. The summed E-state index contributed by atoms with van der Waals surface area (Å²) in [6.45, 7) is -2.05. The van der Waals surface area contributed by atoms with E-state index < -0.39 is 6.62 Å². The molecule has 7 aromatic rings. The summed E-state index contributed by atoms with van der Waals surface area (Å²) in [7, 11) is -0.696. The van der Waals surface area contributed by atoms with Gasteiger partial charge in [-0.3, -0.25) is 0 Å². The van der Waals surface area contributed by atoms with Gasteiger partial charge in [0.2, 0.25) is 6.62 Å². The Morgan fingerprint density at radius 2 is 0.490 bits per heavy atom. The number of rotatable bonds is 10. The summed E-state index contributed by atoms with van der Waals surface area (Å²) in [5.74, 6) is 0. The molecular weight excluding hydrogens is 854 g/mol. The summed E-state index contributed by atoms with van der Waals surface area (Å²) in [6, 6.07) is 75.4. The molecule has 5 heteroatoms. The summed E-state index contributed by atoms with van der Waals surface area (Å²) in [4.78, 5) is 0. The molecule has 7 rings (SSSR count). The molecule has 0 N–H and O–H groups in total. The van der Waals surface area contributed by atoms with Crippen LogP contribution in [0.25, 0.3) is 0 Å². The molecule has 7 aromatic carbocycles. The molecule has 0 amide bonds. The zero-order valence-corrected chi connectivity index (χ0v) is 32.7. The van der Waals surface area contributed by atoms with Gasteiger partial charge in [0.1, 0.15) is 27.2 Å². The Bertz CT molecular complexity index is 1660. The second-order valence-electron chi connectivity index (χ2n) is 11.2. The predicted molar refractivity (Wildman–Crippen MR) is 219 cm³/mol. The van der Waals surface area contributed by atoms with E-state index in [0.29, 0.717) is 0 Å². The molecule has 0 saturated heterocycles. The largest absolute Gasteiger partial charge is 0.210 e. The molecule has 0 fully saturated rings. The second-order valence-corrected chi connectivity index (χ2v) is 20.2. The van der Waals surface area contributed by atoms with Gasteiger partial charge in [-0.15, -0.1) is 0 Å². The van der Waals surface area contributed by atoms with Gasteiger partial charge in [-0.25, -0.2) is 0 Å². The molecule has 0 nitrogen and oxygen atoms in total. The van der Waals surface area contributed by atoms with E-state index in [4.69, 9.17) is 11.2 Å². The van der Waals surface area contributed by atoms with Gasteiger partial charge in [-0.2, -0.15) is 0 Å². The van der Waals surface area contributed by atoms with Crippen molar-refractivity contribution >= 4 is 70.8 Å². The van der Waals surface area contributed by atoms with Crippen molar-refractivity contribution in [3.05, 3.63) is 212 Å². The van der Waals surface area contributed by atoms with Crippen LogP contribution in [0.1, 0.15) is 0 Å². The van der Waals surface area contributed by atoms with Gasteiger partial charge in [0.15, 0.2) is 0 Å². The van der Waals surface area contributed by atoms with Gasteiger partial charge < -0.3 is 0 Å². The Labute approximate surface area is 315 Å². The summed E-state index contributed by atoms with van der Waals surface area (Å²) in [5.41, 5.74) is 0. The van der Waals surface area contributed by atoms with Crippen LogP contribution in [0.15, 0.2) is 212 Å². The molecule has 0 spiro atoms. The fraction of sp³-hybridized carbons (Fsp3) is 0.0455. The maximum atomic E-state index is 7.23. The van der Waals surface area contributed by atoms with Crippen LogP contribution < -0.4 is 37.1 Å². The third-order valence-electron chi connectivity index (χ3n) is 8.15. The molecule has 0 heterocycles. The molecule has 0 unspecified atom stereocenters. The summed E-state index contributed by atoms with van der Waals surface area (Å²) in [6.07, 6.45) is 2.41. The fourth-order valence-corrected chi connectivity index (χ4v) is 14.8. The van der Waals surface area contributed by atoms with Crippen molar-refractivity contribution in [3.8, 4) is 0 Å². The Balaban J connectivity index is 0.000000197. The maximum absolute atomic E-state index is 7.23. The van der Waals surface area contributed by atoms with E-state index >= 15 is 0 Å². The molecular formula is C44H39AuClP3+.